The summed E-state index contributed by atoms with van der Waals surface area (Å²) in [5.74, 6) is -3.15. The Bertz CT molecular complexity index is 1010. The number of rotatable bonds is 7. The zero-order chi connectivity index (χ0) is 22.5. The average Bonchev–Trinajstić information content (AvgIpc) is 3.02. The van der Waals surface area contributed by atoms with Crippen LogP contribution in [0.2, 0.25) is 0 Å². The van der Waals surface area contributed by atoms with E-state index < -0.39 is 42.3 Å². The lowest BCUT2D eigenvalue weighted by Gasteiger charge is -2.20. The maximum atomic E-state index is 12.4. The number of benzene rings is 2. The van der Waals surface area contributed by atoms with Crippen molar-refractivity contribution in [2.75, 3.05) is 18.5 Å². The Labute approximate surface area is 177 Å². The average molecular weight is 424 g/mol. The van der Waals surface area contributed by atoms with Crippen LogP contribution in [0.5, 0.6) is 0 Å². The standard InChI is InChI=1S/C22H20N2O7/c1-3-30-22(29)14-8-10-15(11-9-14)23-18(25)12-31-21(28)13(2)24-19(26)16-6-4-5-7-17(16)20(24)27/h4-11,13H,3,12H2,1-2H3,(H,23,25)/t13-/m0/s1. The maximum Gasteiger partial charge on any atom is 0.338 e. The minimum Gasteiger partial charge on any atom is -0.462 e. The van der Waals surface area contributed by atoms with Gasteiger partial charge in [0.15, 0.2) is 6.61 Å². The Morgan fingerprint density at radius 1 is 0.935 bits per heavy atom. The van der Waals surface area contributed by atoms with Crippen LogP contribution in [0.15, 0.2) is 48.5 Å². The topological polar surface area (TPSA) is 119 Å². The van der Waals surface area contributed by atoms with Crippen LogP contribution in [0, 0.1) is 0 Å². The smallest absolute Gasteiger partial charge is 0.338 e. The molecule has 9 heteroatoms. The lowest BCUT2D eigenvalue weighted by molar-refractivity contribution is -0.150. The molecule has 0 saturated heterocycles. The summed E-state index contributed by atoms with van der Waals surface area (Å²) in [6.45, 7) is 2.70. The molecule has 0 unspecified atom stereocenters. The molecule has 160 valence electrons. The first-order chi connectivity index (χ1) is 14.8. The van der Waals surface area contributed by atoms with Gasteiger partial charge >= 0.3 is 11.9 Å². The van der Waals surface area contributed by atoms with E-state index in [2.05, 4.69) is 5.32 Å². The van der Waals surface area contributed by atoms with Crippen molar-refractivity contribution >= 4 is 35.3 Å². The van der Waals surface area contributed by atoms with Gasteiger partial charge in [0, 0.05) is 5.69 Å². The number of nitrogens with one attached hydrogen (secondary N) is 1. The van der Waals surface area contributed by atoms with Gasteiger partial charge in [-0.15, -0.1) is 0 Å². The summed E-state index contributed by atoms with van der Waals surface area (Å²) < 4.78 is 9.85. The van der Waals surface area contributed by atoms with Crippen molar-refractivity contribution in [1.82, 2.24) is 4.90 Å². The van der Waals surface area contributed by atoms with Crippen molar-refractivity contribution in [2.24, 2.45) is 0 Å². The van der Waals surface area contributed by atoms with Gasteiger partial charge in [0.25, 0.3) is 17.7 Å². The van der Waals surface area contributed by atoms with E-state index in [4.69, 9.17) is 9.47 Å². The van der Waals surface area contributed by atoms with E-state index in [1.807, 2.05) is 0 Å². The van der Waals surface area contributed by atoms with Gasteiger partial charge < -0.3 is 14.8 Å². The molecule has 1 heterocycles. The van der Waals surface area contributed by atoms with Crippen molar-refractivity contribution in [3.8, 4) is 0 Å². The largest absolute Gasteiger partial charge is 0.462 e. The van der Waals surface area contributed by atoms with E-state index in [0.717, 1.165) is 4.90 Å². The van der Waals surface area contributed by atoms with E-state index in [-0.39, 0.29) is 17.7 Å². The lowest BCUT2D eigenvalue weighted by Crippen LogP contribution is -2.44. The molecule has 2 aromatic rings. The summed E-state index contributed by atoms with van der Waals surface area (Å²) in [5.41, 5.74) is 1.16. The minimum absolute atomic E-state index is 0.219. The van der Waals surface area contributed by atoms with Crippen molar-refractivity contribution in [3.05, 3.63) is 65.2 Å². The highest BCUT2D eigenvalue weighted by molar-refractivity contribution is 6.22. The van der Waals surface area contributed by atoms with Crippen LogP contribution < -0.4 is 5.32 Å². The number of nitrogens with zero attached hydrogens (tertiary/aromatic N) is 1. The molecule has 3 rings (SSSR count). The van der Waals surface area contributed by atoms with Gasteiger partial charge in [0.2, 0.25) is 0 Å². The molecular formula is C22H20N2O7. The first kappa shape index (κ1) is 21.7. The second kappa shape index (κ2) is 9.21. The van der Waals surface area contributed by atoms with Crippen LogP contribution in [0.4, 0.5) is 5.69 Å². The van der Waals surface area contributed by atoms with Gasteiger partial charge in [0.05, 0.1) is 23.3 Å². The zero-order valence-corrected chi connectivity index (χ0v) is 16.9. The highest BCUT2D eigenvalue weighted by atomic mass is 16.5. The zero-order valence-electron chi connectivity index (χ0n) is 16.9. The number of carbonyl (C=O) groups excluding carboxylic acids is 5. The van der Waals surface area contributed by atoms with E-state index in [9.17, 15) is 24.0 Å². The van der Waals surface area contributed by atoms with Crippen LogP contribution in [0.25, 0.3) is 0 Å². The molecule has 1 aliphatic rings. The van der Waals surface area contributed by atoms with E-state index in [1.54, 1.807) is 19.1 Å². The highest BCUT2D eigenvalue weighted by Gasteiger charge is 2.41. The molecule has 2 aromatic carbocycles. The molecular weight excluding hydrogens is 404 g/mol. The molecule has 0 radical (unpaired) electrons. The lowest BCUT2D eigenvalue weighted by atomic mass is 10.1. The minimum atomic E-state index is -1.19. The second-order valence-corrected chi connectivity index (χ2v) is 6.66. The summed E-state index contributed by atoms with van der Waals surface area (Å²) in [7, 11) is 0. The molecule has 0 saturated carbocycles. The molecule has 1 atom stereocenters. The molecule has 3 amide bonds. The molecule has 31 heavy (non-hydrogen) atoms. The first-order valence-corrected chi connectivity index (χ1v) is 9.54. The number of anilines is 1. The number of imide groups is 1. The predicted molar refractivity (Wildman–Crippen MR) is 108 cm³/mol. The van der Waals surface area contributed by atoms with Gasteiger partial charge in [-0.25, -0.2) is 9.59 Å². The fraction of sp³-hybridized carbons (Fsp3) is 0.227. The predicted octanol–water partition coefficient (Wildman–Crippen LogP) is 2.03. The molecule has 0 spiro atoms. The van der Waals surface area contributed by atoms with Crippen LogP contribution in [-0.4, -0.2) is 53.8 Å². The quantitative estimate of drug-likeness (QED) is 0.533. The first-order valence-electron chi connectivity index (χ1n) is 9.54. The number of hydrogen-bond donors (Lipinski definition) is 1. The Kier molecular flexibility index (Phi) is 6.44. The number of carbonyl (C=O) groups is 5. The monoisotopic (exact) mass is 424 g/mol. The van der Waals surface area contributed by atoms with Crippen LogP contribution in [-0.2, 0) is 19.1 Å². The Morgan fingerprint density at radius 3 is 2.06 bits per heavy atom. The van der Waals surface area contributed by atoms with Gasteiger partial charge in [0.1, 0.15) is 6.04 Å². The van der Waals surface area contributed by atoms with E-state index >= 15 is 0 Å². The van der Waals surface area contributed by atoms with Gasteiger partial charge in [-0.05, 0) is 50.2 Å². The molecule has 1 N–H and O–H groups in total. The van der Waals surface area contributed by atoms with Crippen LogP contribution in [0.3, 0.4) is 0 Å². The molecule has 1 aliphatic heterocycles. The number of fused-ring (bicyclic) bond motifs is 1. The summed E-state index contributed by atoms with van der Waals surface area (Å²) in [6, 6.07) is 11.1. The fourth-order valence-corrected chi connectivity index (χ4v) is 3.02. The second-order valence-electron chi connectivity index (χ2n) is 6.66. The third kappa shape index (κ3) is 4.61. The van der Waals surface area contributed by atoms with Crippen LogP contribution >= 0.6 is 0 Å². The maximum absolute atomic E-state index is 12.4. The number of esters is 2. The Hall–Kier alpha value is -4.01. The Balaban J connectivity index is 1.53. The number of hydrogen-bond acceptors (Lipinski definition) is 7. The number of ether oxygens (including phenoxy) is 2. The highest BCUT2D eigenvalue weighted by Crippen LogP contribution is 2.24. The van der Waals surface area contributed by atoms with Gasteiger partial charge in [-0.1, -0.05) is 12.1 Å². The molecule has 0 aromatic heterocycles. The van der Waals surface area contributed by atoms with Crippen LogP contribution in [0.1, 0.15) is 44.9 Å². The van der Waals surface area contributed by atoms with Gasteiger partial charge in [-0.2, -0.15) is 0 Å². The summed E-state index contributed by atoms with van der Waals surface area (Å²) in [4.78, 5) is 61.7. The Morgan fingerprint density at radius 2 is 1.52 bits per heavy atom. The summed E-state index contributed by atoms with van der Waals surface area (Å²) in [5, 5.41) is 2.52. The molecule has 0 bridgehead atoms. The fourth-order valence-electron chi connectivity index (χ4n) is 3.02. The number of amides is 3. The molecule has 9 nitrogen and oxygen atoms in total. The van der Waals surface area contributed by atoms with Crippen molar-refractivity contribution in [3.63, 3.8) is 0 Å². The van der Waals surface area contributed by atoms with E-state index in [1.165, 1.54) is 43.3 Å². The SMILES string of the molecule is CCOC(=O)c1ccc(NC(=O)COC(=O)[C@H](C)N2C(=O)c3ccccc3C2=O)cc1. The normalized spacial score (nSPS) is 13.4. The summed E-state index contributed by atoms with van der Waals surface area (Å²) >= 11 is 0. The van der Waals surface area contributed by atoms with Crippen molar-refractivity contribution < 1.29 is 33.4 Å². The molecule has 0 aliphatic carbocycles. The third-order valence-electron chi connectivity index (χ3n) is 4.58. The summed E-state index contributed by atoms with van der Waals surface area (Å²) in [6.07, 6.45) is 0. The van der Waals surface area contributed by atoms with Crippen molar-refractivity contribution in [2.45, 2.75) is 19.9 Å². The molecule has 0 fully saturated rings. The van der Waals surface area contributed by atoms with Gasteiger partial charge in [-0.3, -0.25) is 19.3 Å². The van der Waals surface area contributed by atoms with E-state index in [0.29, 0.717) is 11.3 Å². The van der Waals surface area contributed by atoms with Crippen molar-refractivity contribution in [1.29, 1.82) is 0 Å². The third-order valence-corrected chi connectivity index (χ3v) is 4.58.